The van der Waals surface area contributed by atoms with E-state index in [0.29, 0.717) is 26.4 Å². The van der Waals surface area contributed by atoms with E-state index in [2.05, 4.69) is 26.0 Å². The van der Waals surface area contributed by atoms with E-state index in [1.807, 2.05) is 18.2 Å². The first kappa shape index (κ1) is 18.5. The smallest absolute Gasteiger partial charge is 0.270 e. The van der Waals surface area contributed by atoms with Gasteiger partial charge in [-0.25, -0.2) is 0 Å². The Kier molecular flexibility index (Phi) is 5.39. The van der Waals surface area contributed by atoms with E-state index in [0.717, 1.165) is 5.56 Å². The second kappa shape index (κ2) is 7.56. The number of carbonyl (C=O) groups excluding carboxylic acids is 2. The molecule has 0 aromatic heterocycles. The summed E-state index contributed by atoms with van der Waals surface area (Å²) in [5.41, 5.74) is 3.41. The molecular weight excluding hydrogens is 362 g/mol. The molecule has 0 radical (unpaired) electrons. The quantitative estimate of drug-likeness (QED) is 0.403. The maximum Gasteiger partial charge on any atom is 0.270 e. The van der Waals surface area contributed by atoms with Gasteiger partial charge < -0.3 is 0 Å². The molecule has 2 aromatic rings. The molecule has 5 heteroatoms. The molecule has 0 atom stereocenters. The number of nitrogens with zero attached hydrogens (tertiary/aromatic N) is 1. The molecular formula is C21H19NO2S2. The Labute approximate surface area is 163 Å². The van der Waals surface area contributed by atoms with E-state index in [9.17, 15) is 9.59 Å². The van der Waals surface area contributed by atoms with Gasteiger partial charge in [0.2, 0.25) is 0 Å². The molecule has 0 N–H and O–H groups in total. The van der Waals surface area contributed by atoms with Crippen LogP contribution in [0.5, 0.6) is 0 Å². The molecule has 3 rings (SSSR count). The van der Waals surface area contributed by atoms with E-state index in [1.54, 1.807) is 24.3 Å². The number of thiocarbonyl (C=S) groups is 1. The lowest BCUT2D eigenvalue weighted by Gasteiger charge is -2.15. The van der Waals surface area contributed by atoms with E-state index in [1.165, 1.54) is 29.1 Å². The van der Waals surface area contributed by atoms with Gasteiger partial charge in [0.05, 0.1) is 10.6 Å². The minimum atomic E-state index is -0.159. The summed E-state index contributed by atoms with van der Waals surface area (Å²) in [5.74, 6) is 0.266. The second-order valence-electron chi connectivity index (χ2n) is 6.45. The molecule has 0 unspecified atom stereocenters. The Bertz CT molecular complexity index is 914. The fourth-order valence-electron chi connectivity index (χ4n) is 2.68. The highest BCUT2D eigenvalue weighted by Gasteiger charge is 2.33. The van der Waals surface area contributed by atoms with Gasteiger partial charge in [-0.05, 0) is 42.2 Å². The molecule has 0 saturated carbocycles. The van der Waals surface area contributed by atoms with Crippen LogP contribution in [-0.4, -0.2) is 16.0 Å². The molecule has 1 heterocycles. The molecule has 3 nitrogen and oxygen atoms in total. The molecule has 2 aromatic carbocycles. The highest BCUT2D eigenvalue weighted by molar-refractivity contribution is 8.27. The topological polar surface area (TPSA) is 37.4 Å². The average molecular weight is 382 g/mol. The van der Waals surface area contributed by atoms with Crippen molar-refractivity contribution in [3.8, 4) is 0 Å². The van der Waals surface area contributed by atoms with Crippen LogP contribution in [0, 0.1) is 0 Å². The second-order valence-corrected chi connectivity index (χ2v) is 8.12. The van der Waals surface area contributed by atoms with Gasteiger partial charge >= 0.3 is 0 Å². The van der Waals surface area contributed by atoms with Crippen molar-refractivity contribution in [3.05, 3.63) is 70.1 Å². The Morgan fingerprint density at radius 2 is 1.85 bits per heavy atom. The Balaban J connectivity index is 1.89. The molecule has 1 fully saturated rings. The monoisotopic (exact) mass is 381 g/mol. The summed E-state index contributed by atoms with van der Waals surface area (Å²) in [6.45, 7) is 5.80. The highest BCUT2D eigenvalue weighted by atomic mass is 32.2. The molecule has 0 aliphatic carbocycles. The predicted molar refractivity (Wildman–Crippen MR) is 113 cm³/mol. The van der Waals surface area contributed by atoms with Crippen LogP contribution in [0.2, 0.25) is 0 Å². The molecule has 0 spiro atoms. The number of amides is 1. The van der Waals surface area contributed by atoms with Gasteiger partial charge in [-0.1, -0.05) is 74.2 Å². The Hall–Kier alpha value is -2.24. The zero-order valence-corrected chi connectivity index (χ0v) is 16.5. The molecule has 132 valence electrons. The zero-order valence-electron chi connectivity index (χ0n) is 14.9. The van der Waals surface area contributed by atoms with Crippen LogP contribution in [-0.2, 0) is 4.79 Å². The first-order chi connectivity index (χ1) is 12.4. The van der Waals surface area contributed by atoms with Crippen LogP contribution in [0.3, 0.4) is 0 Å². The minimum absolute atomic E-state index is 0.0434. The highest BCUT2D eigenvalue weighted by Crippen LogP contribution is 2.36. The molecule has 1 aliphatic heterocycles. The number of thioether (sulfide) groups is 1. The number of anilines is 1. The number of benzene rings is 2. The third kappa shape index (κ3) is 3.79. The standard InChI is InChI=1S/C21H19NO2S2/c1-13(2)16-9-7-15(8-10-16)11-19-20(24)22(21(25)26-19)18-6-4-5-17(12-18)14(3)23/h4-13H,1-3H3. The lowest BCUT2D eigenvalue weighted by molar-refractivity contribution is -0.113. The fourth-order valence-corrected chi connectivity index (χ4v) is 3.98. The number of hydrogen-bond acceptors (Lipinski definition) is 4. The van der Waals surface area contributed by atoms with Crippen molar-refractivity contribution >= 4 is 51.8 Å². The fraction of sp³-hybridized carbons (Fsp3) is 0.190. The molecule has 1 aliphatic rings. The number of Topliss-reactive ketones (excluding diaryl/α,β-unsaturated/α-hetero) is 1. The molecule has 26 heavy (non-hydrogen) atoms. The summed E-state index contributed by atoms with van der Waals surface area (Å²) < 4.78 is 0.473. The van der Waals surface area contributed by atoms with Crippen molar-refractivity contribution in [2.24, 2.45) is 0 Å². The summed E-state index contributed by atoms with van der Waals surface area (Å²) in [7, 11) is 0. The van der Waals surface area contributed by atoms with Crippen LogP contribution < -0.4 is 4.90 Å². The first-order valence-corrected chi connectivity index (χ1v) is 9.58. The average Bonchev–Trinajstić information content (AvgIpc) is 2.89. The summed E-state index contributed by atoms with van der Waals surface area (Å²) in [4.78, 5) is 26.5. The van der Waals surface area contributed by atoms with Gasteiger partial charge in [-0.15, -0.1) is 0 Å². The number of carbonyl (C=O) groups is 2. The lowest BCUT2D eigenvalue weighted by atomic mass is 10.0. The van der Waals surface area contributed by atoms with Crippen molar-refractivity contribution < 1.29 is 9.59 Å². The minimum Gasteiger partial charge on any atom is -0.295 e. The SMILES string of the molecule is CC(=O)c1cccc(N2C(=O)C(=Cc3ccc(C(C)C)cc3)SC2=S)c1. The summed E-state index contributed by atoms with van der Waals surface area (Å²) in [5, 5.41) is 0. The number of rotatable bonds is 4. The van der Waals surface area contributed by atoms with Crippen LogP contribution in [0.15, 0.2) is 53.4 Å². The first-order valence-electron chi connectivity index (χ1n) is 8.35. The van der Waals surface area contributed by atoms with Crippen LogP contribution in [0.4, 0.5) is 5.69 Å². The van der Waals surface area contributed by atoms with Crippen molar-refractivity contribution in [1.82, 2.24) is 0 Å². The normalized spacial score (nSPS) is 16.0. The lowest BCUT2D eigenvalue weighted by Crippen LogP contribution is -2.27. The Morgan fingerprint density at radius 1 is 1.15 bits per heavy atom. The number of hydrogen-bond donors (Lipinski definition) is 0. The van der Waals surface area contributed by atoms with Gasteiger partial charge in [0, 0.05) is 5.56 Å². The van der Waals surface area contributed by atoms with E-state index < -0.39 is 0 Å². The zero-order chi connectivity index (χ0) is 18.8. The molecule has 1 saturated heterocycles. The van der Waals surface area contributed by atoms with Crippen molar-refractivity contribution in [3.63, 3.8) is 0 Å². The van der Waals surface area contributed by atoms with Crippen LogP contribution in [0.25, 0.3) is 6.08 Å². The third-order valence-corrected chi connectivity index (χ3v) is 5.51. The van der Waals surface area contributed by atoms with Gasteiger partial charge in [-0.2, -0.15) is 0 Å². The maximum atomic E-state index is 12.8. The Morgan fingerprint density at radius 3 is 2.46 bits per heavy atom. The third-order valence-electron chi connectivity index (χ3n) is 4.21. The van der Waals surface area contributed by atoms with E-state index >= 15 is 0 Å². The van der Waals surface area contributed by atoms with Gasteiger partial charge in [0.25, 0.3) is 5.91 Å². The molecule has 1 amide bonds. The summed E-state index contributed by atoms with van der Waals surface area (Å²) in [6.07, 6.45) is 1.86. The van der Waals surface area contributed by atoms with Crippen molar-refractivity contribution in [2.45, 2.75) is 26.7 Å². The van der Waals surface area contributed by atoms with Gasteiger partial charge in [-0.3, -0.25) is 14.5 Å². The molecule has 0 bridgehead atoms. The van der Waals surface area contributed by atoms with Gasteiger partial charge in [0.15, 0.2) is 10.1 Å². The van der Waals surface area contributed by atoms with Crippen molar-refractivity contribution in [2.75, 3.05) is 4.90 Å². The van der Waals surface area contributed by atoms with Crippen molar-refractivity contribution in [1.29, 1.82) is 0 Å². The summed E-state index contributed by atoms with van der Waals surface area (Å²) in [6, 6.07) is 15.2. The number of ketones is 1. The maximum absolute atomic E-state index is 12.8. The largest absolute Gasteiger partial charge is 0.295 e. The van der Waals surface area contributed by atoms with E-state index in [-0.39, 0.29) is 11.7 Å². The van der Waals surface area contributed by atoms with Crippen LogP contribution in [0.1, 0.15) is 48.2 Å². The van der Waals surface area contributed by atoms with Gasteiger partial charge in [0.1, 0.15) is 0 Å². The van der Waals surface area contributed by atoms with E-state index in [4.69, 9.17) is 12.2 Å². The predicted octanol–water partition coefficient (Wildman–Crippen LogP) is 5.42. The summed E-state index contributed by atoms with van der Waals surface area (Å²) >= 11 is 6.68. The van der Waals surface area contributed by atoms with Crippen LogP contribution >= 0.6 is 24.0 Å².